The first-order chi connectivity index (χ1) is 22.0. The summed E-state index contributed by atoms with van der Waals surface area (Å²) in [7, 11) is 1.57. The first-order valence-corrected chi connectivity index (χ1v) is 20.6. The van der Waals surface area contributed by atoms with Gasteiger partial charge in [-0.1, -0.05) is 161 Å². The molecule has 0 aliphatic rings. The lowest BCUT2D eigenvalue weighted by Gasteiger charge is -2.25. The number of allylic oxidation sites excluding steroid dienone is 1. The number of rotatable bonds is 34. The summed E-state index contributed by atoms with van der Waals surface area (Å²) in [5, 5.41) is 13.5. The number of quaternary nitrogens is 1. The summed E-state index contributed by atoms with van der Waals surface area (Å²) in [5.74, 6) is -0.184. The van der Waals surface area contributed by atoms with E-state index in [1.54, 1.807) is 6.08 Å². The van der Waals surface area contributed by atoms with Crippen LogP contribution in [-0.4, -0.2) is 73.4 Å². The van der Waals surface area contributed by atoms with Crippen molar-refractivity contribution in [2.75, 3.05) is 40.9 Å². The molecule has 0 heterocycles. The van der Waals surface area contributed by atoms with Gasteiger partial charge in [-0.2, -0.15) is 0 Å². The van der Waals surface area contributed by atoms with Gasteiger partial charge in [-0.05, 0) is 12.8 Å². The lowest BCUT2D eigenvalue weighted by Crippen LogP contribution is -2.45. The molecule has 0 aliphatic carbocycles. The normalized spacial score (nSPS) is 14.8. The van der Waals surface area contributed by atoms with E-state index in [4.69, 9.17) is 9.05 Å². The van der Waals surface area contributed by atoms with Crippen LogP contribution < -0.4 is 5.32 Å². The van der Waals surface area contributed by atoms with Crippen LogP contribution in [0.5, 0.6) is 0 Å². The maximum atomic E-state index is 12.7. The quantitative estimate of drug-likeness (QED) is 0.0272. The van der Waals surface area contributed by atoms with Crippen LogP contribution >= 0.6 is 7.82 Å². The third kappa shape index (κ3) is 31.8. The summed E-state index contributed by atoms with van der Waals surface area (Å²) in [5.41, 5.74) is 0. The van der Waals surface area contributed by atoms with Crippen molar-refractivity contribution >= 4 is 13.7 Å². The monoisotopic (exact) mass is 676 g/mol. The van der Waals surface area contributed by atoms with Crippen LogP contribution in [0.4, 0.5) is 0 Å². The molecule has 3 atom stereocenters. The maximum Gasteiger partial charge on any atom is 0.472 e. The highest BCUT2D eigenvalue weighted by Crippen LogP contribution is 2.43. The summed E-state index contributed by atoms with van der Waals surface area (Å²) in [4.78, 5) is 22.8. The van der Waals surface area contributed by atoms with Gasteiger partial charge in [0.05, 0.1) is 39.9 Å². The standard InChI is InChI=1S/C37H75N2O6P/c1-6-8-10-12-13-14-15-16-17-18-19-20-21-22-23-24-25-26-27-29-31-37(41)38-35(36(40)30-28-11-9-7-2)34-45-46(42,43)44-33-32-39(3,4)5/h28,30,35-36,40H,6-27,29,31-34H2,1-5H3,(H-,38,41,42,43)/p+1/b30-28+. The third-order valence-electron chi connectivity index (χ3n) is 8.51. The zero-order valence-corrected chi connectivity index (χ0v) is 31.7. The fraction of sp³-hybridized carbons (Fsp3) is 0.919. The number of nitrogens with zero attached hydrogens (tertiary/aromatic N) is 1. The second-order valence-corrected chi connectivity index (χ2v) is 15.8. The Labute approximate surface area is 284 Å². The molecule has 0 radical (unpaired) electrons. The molecule has 0 fully saturated rings. The molecule has 0 saturated carbocycles. The van der Waals surface area contributed by atoms with Crippen LogP contribution in [0.3, 0.4) is 0 Å². The van der Waals surface area contributed by atoms with Gasteiger partial charge in [-0.3, -0.25) is 13.8 Å². The molecule has 0 saturated heterocycles. The highest BCUT2D eigenvalue weighted by Gasteiger charge is 2.27. The topological polar surface area (TPSA) is 105 Å². The molecule has 46 heavy (non-hydrogen) atoms. The van der Waals surface area contributed by atoms with Crippen molar-refractivity contribution in [3.8, 4) is 0 Å². The van der Waals surface area contributed by atoms with Crippen molar-refractivity contribution in [1.82, 2.24) is 5.32 Å². The van der Waals surface area contributed by atoms with Gasteiger partial charge in [0.25, 0.3) is 0 Å². The number of carbonyl (C=O) groups is 1. The summed E-state index contributed by atoms with van der Waals surface area (Å²) in [6.45, 7) is 4.66. The Kier molecular flexibility index (Phi) is 29.8. The molecule has 1 amide bonds. The molecular weight excluding hydrogens is 599 g/mol. The molecule has 0 spiro atoms. The SMILES string of the molecule is CCCC/C=C/C(O)C(COP(=O)(O)OCC[N+](C)(C)C)NC(=O)CCCCCCCCCCCCCCCCCCCCCC. The molecular formula is C37H76N2O6P+. The van der Waals surface area contributed by atoms with Gasteiger partial charge in [0, 0.05) is 6.42 Å². The second kappa shape index (κ2) is 30.3. The number of unbranched alkanes of at least 4 members (excludes halogenated alkanes) is 21. The number of hydrogen-bond donors (Lipinski definition) is 3. The molecule has 9 heteroatoms. The fourth-order valence-electron chi connectivity index (χ4n) is 5.38. The summed E-state index contributed by atoms with van der Waals surface area (Å²) in [6.07, 6.45) is 31.9. The van der Waals surface area contributed by atoms with E-state index in [2.05, 4.69) is 19.2 Å². The number of phosphoric ester groups is 1. The molecule has 274 valence electrons. The summed E-state index contributed by atoms with van der Waals surface area (Å²) < 4.78 is 23.2. The Morgan fingerprint density at radius 1 is 0.717 bits per heavy atom. The van der Waals surface area contributed by atoms with Gasteiger partial charge in [-0.25, -0.2) is 4.57 Å². The van der Waals surface area contributed by atoms with Gasteiger partial charge in [0.2, 0.25) is 5.91 Å². The summed E-state index contributed by atoms with van der Waals surface area (Å²) in [6, 6.07) is -0.835. The molecule has 8 nitrogen and oxygen atoms in total. The largest absolute Gasteiger partial charge is 0.472 e. The van der Waals surface area contributed by atoms with E-state index in [1.165, 1.54) is 109 Å². The van der Waals surface area contributed by atoms with Gasteiger partial charge in [-0.15, -0.1) is 0 Å². The number of nitrogens with one attached hydrogen (secondary N) is 1. The smallest absolute Gasteiger partial charge is 0.387 e. The lowest BCUT2D eigenvalue weighted by molar-refractivity contribution is -0.870. The molecule has 0 aromatic carbocycles. The first-order valence-electron chi connectivity index (χ1n) is 19.1. The molecule has 0 bridgehead atoms. The van der Waals surface area contributed by atoms with Crippen LogP contribution in [0.2, 0.25) is 0 Å². The number of aliphatic hydroxyl groups is 1. The van der Waals surface area contributed by atoms with Crippen molar-refractivity contribution in [2.24, 2.45) is 0 Å². The second-order valence-electron chi connectivity index (χ2n) is 14.3. The van der Waals surface area contributed by atoms with E-state index in [1.807, 2.05) is 27.2 Å². The van der Waals surface area contributed by atoms with Crippen molar-refractivity contribution in [3.63, 3.8) is 0 Å². The molecule has 3 unspecified atom stereocenters. The Hall–Kier alpha value is -0.760. The maximum absolute atomic E-state index is 12.7. The van der Waals surface area contributed by atoms with Gasteiger partial charge >= 0.3 is 7.82 Å². The number of phosphoric acid groups is 1. The summed E-state index contributed by atoms with van der Waals surface area (Å²) >= 11 is 0. The van der Waals surface area contributed by atoms with E-state index >= 15 is 0 Å². The van der Waals surface area contributed by atoms with E-state index < -0.39 is 20.0 Å². The van der Waals surface area contributed by atoms with Gasteiger partial charge < -0.3 is 19.8 Å². The van der Waals surface area contributed by atoms with Gasteiger partial charge in [0.15, 0.2) is 0 Å². The number of hydrogen-bond acceptors (Lipinski definition) is 5. The predicted molar refractivity (Wildman–Crippen MR) is 194 cm³/mol. The van der Waals surface area contributed by atoms with Crippen molar-refractivity contribution in [1.29, 1.82) is 0 Å². The van der Waals surface area contributed by atoms with E-state index in [9.17, 15) is 19.4 Å². The number of likely N-dealkylation sites (N-methyl/N-ethyl adjacent to an activating group) is 1. The van der Waals surface area contributed by atoms with Crippen LogP contribution in [0.25, 0.3) is 0 Å². The van der Waals surface area contributed by atoms with Crippen molar-refractivity contribution in [3.05, 3.63) is 12.2 Å². The average molecular weight is 676 g/mol. The molecule has 0 aliphatic heterocycles. The number of aliphatic hydroxyl groups excluding tert-OH is 1. The van der Waals surface area contributed by atoms with E-state index in [0.29, 0.717) is 17.4 Å². The minimum Gasteiger partial charge on any atom is -0.387 e. The third-order valence-corrected chi connectivity index (χ3v) is 9.49. The molecule has 0 rings (SSSR count). The van der Waals surface area contributed by atoms with Crippen LogP contribution in [0.1, 0.15) is 168 Å². The van der Waals surface area contributed by atoms with Crippen molar-refractivity contribution in [2.45, 2.75) is 180 Å². The molecule has 0 aromatic rings. The molecule has 3 N–H and O–H groups in total. The highest BCUT2D eigenvalue weighted by molar-refractivity contribution is 7.47. The zero-order valence-electron chi connectivity index (χ0n) is 30.8. The van der Waals surface area contributed by atoms with E-state index in [0.717, 1.165) is 38.5 Å². The Morgan fingerprint density at radius 2 is 1.15 bits per heavy atom. The molecule has 0 aromatic heterocycles. The lowest BCUT2D eigenvalue weighted by atomic mass is 10.0. The predicted octanol–water partition coefficient (Wildman–Crippen LogP) is 9.63. The number of amides is 1. The van der Waals surface area contributed by atoms with Crippen molar-refractivity contribution < 1.29 is 32.9 Å². The average Bonchev–Trinajstić information content (AvgIpc) is 2.99. The van der Waals surface area contributed by atoms with E-state index in [-0.39, 0.29) is 19.1 Å². The Bertz CT molecular complexity index is 773. The minimum atomic E-state index is -4.31. The van der Waals surface area contributed by atoms with Crippen LogP contribution in [-0.2, 0) is 18.4 Å². The van der Waals surface area contributed by atoms with Crippen LogP contribution in [0.15, 0.2) is 12.2 Å². The minimum absolute atomic E-state index is 0.0627. The fourth-order valence-corrected chi connectivity index (χ4v) is 6.11. The Balaban J connectivity index is 4.06. The zero-order chi connectivity index (χ0) is 34.4. The number of carbonyl (C=O) groups excluding carboxylic acids is 1. The highest BCUT2D eigenvalue weighted by atomic mass is 31.2. The van der Waals surface area contributed by atoms with Crippen LogP contribution in [0, 0.1) is 0 Å². The first kappa shape index (κ1) is 45.2. The Morgan fingerprint density at radius 3 is 1.59 bits per heavy atom. The van der Waals surface area contributed by atoms with Gasteiger partial charge in [0.1, 0.15) is 13.2 Å².